The Morgan fingerprint density at radius 1 is 1.07 bits per heavy atom. The topological polar surface area (TPSA) is 74.0 Å². The highest BCUT2D eigenvalue weighted by molar-refractivity contribution is 7.80. The van der Waals surface area contributed by atoms with E-state index in [2.05, 4.69) is 22.7 Å². The molecule has 0 radical (unpaired) electrons. The summed E-state index contributed by atoms with van der Waals surface area (Å²) in [7, 11) is 0. The van der Waals surface area contributed by atoms with Crippen molar-refractivity contribution in [3.05, 3.63) is 65.0 Å². The molecule has 2 aromatic carbocycles. The highest BCUT2D eigenvalue weighted by atomic mass is 32.1. The maximum Gasteiger partial charge on any atom is 0.253 e. The fourth-order valence-corrected chi connectivity index (χ4v) is 3.04. The molecule has 0 atom stereocenters. The summed E-state index contributed by atoms with van der Waals surface area (Å²) in [4.78, 5) is 15.7. The van der Waals surface area contributed by atoms with Crippen LogP contribution < -0.4 is 16.1 Å². The van der Waals surface area contributed by atoms with Crippen molar-refractivity contribution in [2.45, 2.75) is 0 Å². The van der Waals surface area contributed by atoms with Crippen LogP contribution in [0.3, 0.4) is 0 Å². The molecule has 0 bridgehead atoms. The van der Waals surface area contributed by atoms with Gasteiger partial charge in [-0.05, 0) is 42.5 Å². The van der Waals surface area contributed by atoms with E-state index in [4.69, 9.17) is 5.73 Å². The number of hydrogen-bond donors (Lipinski definition) is 2. The van der Waals surface area contributed by atoms with Gasteiger partial charge in [-0.3, -0.25) is 10.2 Å². The van der Waals surface area contributed by atoms with Gasteiger partial charge in [0, 0.05) is 43.4 Å². The van der Waals surface area contributed by atoms with Crippen molar-refractivity contribution in [2.75, 3.05) is 31.1 Å². The summed E-state index contributed by atoms with van der Waals surface area (Å²) in [6.07, 6.45) is 1.08. The zero-order valence-electron chi connectivity index (χ0n) is 15.2. The van der Waals surface area contributed by atoms with Crippen LogP contribution in [0.1, 0.15) is 15.9 Å². The minimum atomic E-state index is -0.653. The van der Waals surface area contributed by atoms with E-state index in [0.717, 1.165) is 18.3 Å². The van der Waals surface area contributed by atoms with Gasteiger partial charge in [-0.1, -0.05) is 0 Å². The Kier molecular flexibility index (Phi) is 6.32. The van der Waals surface area contributed by atoms with Gasteiger partial charge in [-0.2, -0.15) is 5.10 Å². The van der Waals surface area contributed by atoms with E-state index in [1.54, 1.807) is 9.80 Å². The highest BCUT2D eigenvalue weighted by Crippen LogP contribution is 2.24. The monoisotopic (exact) mass is 421 g/mol. The predicted molar refractivity (Wildman–Crippen MR) is 108 cm³/mol. The first-order chi connectivity index (χ1) is 13.8. The van der Waals surface area contributed by atoms with Crippen LogP contribution in [0.15, 0.2) is 41.5 Å². The maximum atomic E-state index is 14.5. The van der Waals surface area contributed by atoms with E-state index >= 15 is 0 Å². The zero-order valence-corrected chi connectivity index (χ0v) is 16.1. The average molecular weight is 421 g/mol. The molecule has 3 N–H and O–H groups in total. The summed E-state index contributed by atoms with van der Waals surface area (Å²) >= 11 is 4.57. The van der Waals surface area contributed by atoms with E-state index in [1.165, 1.54) is 24.3 Å². The van der Waals surface area contributed by atoms with Gasteiger partial charge in [-0.15, -0.1) is 0 Å². The summed E-state index contributed by atoms with van der Waals surface area (Å²) in [5, 5.41) is 3.53. The second kappa shape index (κ2) is 8.91. The molecule has 1 aliphatic rings. The summed E-state index contributed by atoms with van der Waals surface area (Å²) in [6, 6.07) is 7.42. The summed E-state index contributed by atoms with van der Waals surface area (Å²) in [6.45, 7) is 1.33. The van der Waals surface area contributed by atoms with Crippen LogP contribution in [0, 0.1) is 17.5 Å². The van der Waals surface area contributed by atoms with Gasteiger partial charge in [0.05, 0.1) is 11.9 Å². The van der Waals surface area contributed by atoms with Gasteiger partial charge < -0.3 is 15.5 Å². The Hall–Kier alpha value is -3.14. The first-order valence-electron chi connectivity index (χ1n) is 8.72. The number of carbonyl (C=O) groups is 1. The summed E-state index contributed by atoms with van der Waals surface area (Å²) in [5.41, 5.74) is 7.91. The lowest BCUT2D eigenvalue weighted by Crippen LogP contribution is -2.49. The Labute approximate surface area is 170 Å². The first kappa shape index (κ1) is 20.6. The molecule has 1 amide bonds. The van der Waals surface area contributed by atoms with Crippen molar-refractivity contribution in [2.24, 2.45) is 10.8 Å². The lowest BCUT2D eigenvalue weighted by atomic mass is 10.1. The number of halogens is 3. The number of anilines is 1. The number of rotatable bonds is 4. The van der Waals surface area contributed by atoms with Crippen LogP contribution >= 0.6 is 12.2 Å². The number of amides is 1. The number of piperazine rings is 1. The predicted octanol–water partition coefficient (Wildman–Crippen LogP) is 2.23. The van der Waals surface area contributed by atoms with Crippen molar-refractivity contribution in [3.63, 3.8) is 0 Å². The molecule has 1 fully saturated rings. The minimum Gasteiger partial charge on any atom is -0.375 e. The summed E-state index contributed by atoms with van der Waals surface area (Å²) < 4.78 is 41.8. The molecule has 1 saturated heterocycles. The standard InChI is InChI=1S/C19H18F3N5OS/c20-14-3-1-12(2-4-14)18(28)27-7-5-26(6-8-27)17-10-15(21)13(9-16(17)22)11-24-25-19(23)29/h1-4,9-11H,5-8H2,(H3,23,25,29)/b24-11+. The Morgan fingerprint density at radius 3 is 2.34 bits per heavy atom. The molecule has 152 valence electrons. The van der Waals surface area contributed by atoms with Gasteiger partial charge in [0.2, 0.25) is 0 Å². The van der Waals surface area contributed by atoms with E-state index in [1.807, 2.05) is 0 Å². The van der Waals surface area contributed by atoms with Gasteiger partial charge >= 0.3 is 0 Å². The van der Waals surface area contributed by atoms with Gasteiger partial charge in [0.25, 0.3) is 5.91 Å². The molecule has 0 spiro atoms. The Bertz CT molecular complexity index is 944. The largest absolute Gasteiger partial charge is 0.375 e. The van der Waals surface area contributed by atoms with Crippen LogP contribution in [0.25, 0.3) is 0 Å². The third kappa shape index (κ3) is 5.02. The SMILES string of the molecule is NC(=S)N/N=C/c1cc(F)c(N2CCN(C(=O)c3ccc(F)cc3)CC2)cc1F. The number of hydrogen-bond acceptors (Lipinski definition) is 4. The molecule has 0 saturated carbocycles. The zero-order chi connectivity index (χ0) is 21.0. The van der Waals surface area contributed by atoms with Crippen LogP contribution in [0.2, 0.25) is 0 Å². The van der Waals surface area contributed by atoms with Gasteiger partial charge in [0.1, 0.15) is 17.5 Å². The van der Waals surface area contributed by atoms with Crippen molar-refractivity contribution in [1.82, 2.24) is 10.3 Å². The van der Waals surface area contributed by atoms with E-state index in [9.17, 15) is 18.0 Å². The third-order valence-corrected chi connectivity index (χ3v) is 4.53. The second-order valence-corrected chi connectivity index (χ2v) is 6.79. The first-order valence-corrected chi connectivity index (χ1v) is 9.13. The van der Waals surface area contributed by atoms with E-state index in [-0.39, 0.29) is 22.3 Å². The lowest BCUT2D eigenvalue weighted by molar-refractivity contribution is 0.0746. The normalized spacial score (nSPS) is 14.3. The van der Waals surface area contributed by atoms with Crippen LogP contribution in [0.4, 0.5) is 18.9 Å². The molecule has 6 nitrogen and oxygen atoms in total. The molecular weight excluding hydrogens is 403 g/mol. The van der Waals surface area contributed by atoms with Crippen LogP contribution in [-0.4, -0.2) is 48.3 Å². The molecule has 1 heterocycles. The molecule has 1 aliphatic heterocycles. The number of nitrogens with two attached hydrogens (primary N) is 1. The second-order valence-electron chi connectivity index (χ2n) is 6.35. The number of nitrogens with zero attached hydrogens (tertiary/aromatic N) is 3. The maximum absolute atomic E-state index is 14.5. The number of thiocarbonyl (C=S) groups is 1. The molecule has 29 heavy (non-hydrogen) atoms. The van der Waals surface area contributed by atoms with E-state index < -0.39 is 17.5 Å². The third-order valence-electron chi connectivity index (χ3n) is 4.44. The number of hydrazone groups is 1. The Morgan fingerprint density at radius 2 is 1.72 bits per heavy atom. The molecular formula is C19H18F3N5OS. The van der Waals surface area contributed by atoms with Crippen molar-refractivity contribution in [3.8, 4) is 0 Å². The van der Waals surface area contributed by atoms with Crippen LogP contribution in [0.5, 0.6) is 0 Å². The highest BCUT2D eigenvalue weighted by Gasteiger charge is 2.24. The molecule has 2 aromatic rings. The number of carbonyl (C=O) groups excluding carboxylic acids is 1. The quantitative estimate of drug-likeness (QED) is 0.450. The molecule has 0 aromatic heterocycles. The molecule has 3 rings (SSSR count). The van der Waals surface area contributed by atoms with Crippen molar-refractivity contribution < 1.29 is 18.0 Å². The van der Waals surface area contributed by atoms with Crippen molar-refractivity contribution >= 4 is 35.1 Å². The smallest absolute Gasteiger partial charge is 0.253 e. The molecule has 0 aliphatic carbocycles. The average Bonchev–Trinajstić information content (AvgIpc) is 2.70. The fraction of sp³-hybridized carbons (Fsp3) is 0.211. The lowest BCUT2D eigenvalue weighted by Gasteiger charge is -2.36. The Balaban J connectivity index is 1.66. The fourth-order valence-electron chi connectivity index (χ4n) is 2.98. The minimum absolute atomic E-state index is 0.0554. The molecule has 0 unspecified atom stereocenters. The van der Waals surface area contributed by atoms with Gasteiger partial charge in [-0.25, -0.2) is 13.2 Å². The molecule has 10 heteroatoms. The van der Waals surface area contributed by atoms with E-state index in [0.29, 0.717) is 31.7 Å². The summed E-state index contributed by atoms with van der Waals surface area (Å²) in [5.74, 6) is -1.91. The number of benzene rings is 2. The number of nitrogens with one attached hydrogen (secondary N) is 1. The van der Waals surface area contributed by atoms with Gasteiger partial charge in [0.15, 0.2) is 5.11 Å². The van der Waals surface area contributed by atoms with Crippen molar-refractivity contribution in [1.29, 1.82) is 0 Å². The van der Waals surface area contributed by atoms with Crippen LogP contribution in [-0.2, 0) is 0 Å².